The summed E-state index contributed by atoms with van der Waals surface area (Å²) in [6.07, 6.45) is 1.23. The molecule has 11 heteroatoms. The van der Waals surface area contributed by atoms with Crippen LogP contribution in [-0.2, 0) is 14.3 Å². The summed E-state index contributed by atoms with van der Waals surface area (Å²) in [5.41, 5.74) is 0.121. The first kappa shape index (κ1) is 23.0. The summed E-state index contributed by atoms with van der Waals surface area (Å²) in [6.45, 7) is 2.71. The van der Waals surface area contributed by atoms with Crippen molar-refractivity contribution in [1.29, 1.82) is 0 Å². The van der Waals surface area contributed by atoms with Gasteiger partial charge in [-0.25, -0.2) is 9.18 Å². The lowest BCUT2D eigenvalue weighted by molar-refractivity contribution is -0.133. The summed E-state index contributed by atoms with van der Waals surface area (Å²) in [7, 11) is 0. The Kier molecular flexibility index (Phi) is 7.07. The third kappa shape index (κ3) is 5.24. The minimum absolute atomic E-state index is 0.0164. The number of urea groups is 1. The second-order valence-electron chi connectivity index (χ2n) is 8.35. The Morgan fingerprint density at radius 1 is 1.09 bits per heavy atom. The summed E-state index contributed by atoms with van der Waals surface area (Å²) < 4.78 is 19.0. The van der Waals surface area contributed by atoms with Crippen LogP contribution in [0.4, 0.5) is 9.18 Å². The molecule has 1 aromatic rings. The van der Waals surface area contributed by atoms with E-state index in [0.717, 1.165) is 12.5 Å². The summed E-state index contributed by atoms with van der Waals surface area (Å²) in [5.74, 6) is -1.83. The van der Waals surface area contributed by atoms with E-state index >= 15 is 0 Å². The molecule has 3 aliphatic heterocycles. The SMILES string of the molecule is O=C1NCCCC1NC(=O)C1CN(C(=O)N2CCOCC2)CCN1C(=O)c1cccc(F)c1. The summed E-state index contributed by atoms with van der Waals surface area (Å²) >= 11 is 0. The van der Waals surface area contributed by atoms with E-state index in [2.05, 4.69) is 10.6 Å². The predicted molar refractivity (Wildman–Crippen MR) is 115 cm³/mol. The smallest absolute Gasteiger partial charge is 0.320 e. The van der Waals surface area contributed by atoms with Gasteiger partial charge in [-0.3, -0.25) is 14.4 Å². The van der Waals surface area contributed by atoms with E-state index in [4.69, 9.17) is 4.74 Å². The van der Waals surface area contributed by atoms with Crippen molar-refractivity contribution in [2.24, 2.45) is 0 Å². The molecule has 2 N–H and O–H groups in total. The van der Waals surface area contributed by atoms with Gasteiger partial charge in [0.05, 0.1) is 19.8 Å². The van der Waals surface area contributed by atoms with Gasteiger partial charge in [0.1, 0.15) is 17.9 Å². The maximum Gasteiger partial charge on any atom is 0.320 e. The molecule has 0 spiro atoms. The van der Waals surface area contributed by atoms with Crippen molar-refractivity contribution in [3.05, 3.63) is 35.6 Å². The van der Waals surface area contributed by atoms with Crippen molar-refractivity contribution < 1.29 is 28.3 Å². The number of hydrogen-bond donors (Lipinski definition) is 2. The van der Waals surface area contributed by atoms with Crippen LogP contribution in [-0.4, -0.2) is 103 Å². The molecule has 10 nitrogen and oxygen atoms in total. The summed E-state index contributed by atoms with van der Waals surface area (Å²) in [5, 5.41) is 5.45. The number of piperazine rings is 1. The van der Waals surface area contributed by atoms with Crippen molar-refractivity contribution in [2.45, 2.75) is 24.9 Å². The van der Waals surface area contributed by atoms with Crippen LogP contribution in [0.5, 0.6) is 0 Å². The summed E-state index contributed by atoms with van der Waals surface area (Å²) in [6, 6.07) is 3.36. The highest BCUT2D eigenvalue weighted by Gasteiger charge is 2.40. The molecule has 178 valence electrons. The topological polar surface area (TPSA) is 111 Å². The molecule has 0 radical (unpaired) electrons. The van der Waals surface area contributed by atoms with Gasteiger partial charge in [0.25, 0.3) is 5.91 Å². The van der Waals surface area contributed by atoms with Gasteiger partial charge < -0.3 is 30.1 Å². The average Bonchev–Trinajstić information content (AvgIpc) is 2.84. The zero-order valence-corrected chi connectivity index (χ0v) is 18.3. The minimum atomic E-state index is -1.01. The van der Waals surface area contributed by atoms with Crippen LogP contribution in [0.3, 0.4) is 0 Å². The second kappa shape index (κ2) is 10.2. The summed E-state index contributed by atoms with van der Waals surface area (Å²) in [4.78, 5) is 56.1. The van der Waals surface area contributed by atoms with Gasteiger partial charge in [0.15, 0.2) is 0 Å². The van der Waals surface area contributed by atoms with E-state index in [0.29, 0.717) is 39.3 Å². The van der Waals surface area contributed by atoms with Crippen molar-refractivity contribution in [1.82, 2.24) is 25.3 Å². The number of benzene rings is 1. The molecule has 4 rings (SSSR count). The minimum Gasteiger partial charge on any atom is -0.378 e. The van der Waals surface area contributed by atoms with Gasteiger partial charge in [-0.2, -0.15) is 0 Å². The number of carbonyl (C=O) groups is 4. The third-order valence-electron chi connectivity index (χ3n) is 6.17. The van der Waals surface area contributed by atoms with E-state index in [1.807, 2.05) is 0 Å². The van der Waals surface area contributed by atoms with Gasteiger partial charge in [0.2, 0.25) is 11.8 Å². The van der Waals surface area contributed by atoms with Crippen LogP contribution in [0.25, 0.3) is 0 Å². The normalized spacial score (nSPS) is 23.7. The Hall–Kier alpha value is -3.21. The maximum atomic E-state index is 13.7. The molecular formula is C22H28FN5O5. The van der Waals surface area contributed by atoms with Crippen LogP contribution >= 0.6 is 0 Å². The monoisotopic (exact) mass is 461 g/mol. The molecule has 5 amide bonds. The van der Waals surface area contributed by atoms with Crippen LogP contribution in [0.15, 0.2) is 24.3 Å². The lowest BCUT2D eigenvalue weighted by atomic mass is 10.0. The van der Waals surface area contributed by atoms with Crippen LogP contribution in [0, 0.1) is 5.82 Å². The number of nitrogens with one attached hydrogen (secondary N) is 2. The van der Waals surface area contributed by atoms with Crippen molar-refractivity contribution in [3.8, 4) is 0 Å². The third-order valence-corrected chi connectivity index (χ3v) is 6.17. The molecule has 33 heavy (non-hydrogen) atoms. The largest absolute Gasteiger partial charge is 0.378 e. The number of nitrogens with zero attached hydrogens (tertiary/aromatic N) is 3. The second-order valence-corrected chi connectivity index (χ2v) is 8.35. The fourth-order valence-electron chi connectivity index (χ4n) is 4.34. The Morgan fingerprint density at radius 2 is 1.88 bits per heavy atom. The van der Waals surface area contributed by atoms with E-state index < -0.39 is 29.7 Å². The zero-order chi connectivity index (χ0) is 23.4. The first-order valence-electron chi connectivity index (χ1n) is 11.2. The molecule has 0 bridgehead atoms. The number of carbonyl (C=O) groups excluding carboxylic acids is 4. The number of morpholine rings is 1. The molecule has 0 saturated carbocycles. The predicted octanol–water partition coefficient (Wildman–Crippen LogP) is -0.201. The number of piperidine rings is 1. The van der Waals surface area contributed by atoms with Crippen molar-refractivity contribution in [3.63, 3.8) is 0 Å². The Labute approximate surface area is 191 Å². The van der Waals surface area contributed by atoms with Crippen molar-refractivity contribution in [2.75, 3.05) is 52.5 Å². The van der Waals surface area contributed by atoms with Crippen LogP contribution in [0.2, 0.25) is 0 Å². The number of ether oxygens (including phenoxy) is 1. The number of hydrogen-bond acceptors (Lipinski definition) is 5. The zero-order valence-electron chi connectivity index (χ0n) is 18.3. The lowest BCUT2D eigenvalue weighted by Gasteiger charge is -2.43. The van der Waals surface area contributed by atoms with Crippen LogP contribution < -0.4 is 10.6 Å². The molecule has 3 fully saturated rings. The molecule has 3 aliphatic rings. The average molecular weight is 461 g/mol. The fourth-order valence-corrected chi connectivity index (χ4v) is 4.34. The van der Waals surface area contributed by atoms with Gasteiger partial charge in [0, 0.05) is 38.3 Å². The molecule has 2 atom stereocenters. The first-order valence-corrected chi connectivity index (χ1v) is 11.2. The standard InChI is InChI=1S/C22H28FN5O5/c23-16-4-1-3-15(13-16)21(31)28-8-7-27(22(32)26-9-11-33-12-10-26)14-18(28)20(30)25-17-5-2-6-24-19(17)29/h1,3-4,13,17-18H,2,5-12,14H2,(H,24,29)(H,25,30). The number of amides is 5. The number of halogens is 1. The Bertz CT molecular complexity index is 922. The van der Waals surface area contributed by atoms with E-state index in [-0.39, 0.29) is 37.1 Å². The van der Waals surface area contributed by atoms with E-state index in [1.165, 1.54) is 23.1 Å². The molecule has 0 aromatic heterocycles. The highest BCUT2D eigenvalue weighted by molar-refractivity contribution is 5.99. The van der Waals surface area contributed by atoms with Gasteiger partial charge >= 0.3 is 6.03 Å². The molecule has 2 unspecified atom stereocenters. The Balaban J connectivity index is 1.53. The molecule has 1 aromatic carbocycles. The fraction of sp³-hybridized carbons (Fsp3) is 0.545. The van der Waals surface area contributed by atoms with Gasteiger partial charge in [-0.05, 0) is 31.0 Å². The van der Waals surface area contributed by atoms with Gasteiger partial charge in [-0.1, -0.05) is 6.07 Å². The molecular weight excluding hydrogens is 433 g/mol. The highest BCUT2D eigenvalue weighted by atomic mass is 19.1. The highest BCUT2D eigenvalue weighted by Crippen LogP contribution is 2.18. The first-order chi connectivity index (χ1) is 15.9. The maximum absolute atomic E-state index is 13.7. The van der Waals surface area contributed by atoms with Crippen molar-refractivity contribution >= 4 is 23.8 Å². The molecule has 0 aliphatic carbocycles. The molecule has 3 heterocycles. The number of rotatable bonds is 3. The lowest BCUT2D eigenvalue weighted by Crippen LogP contribution is -2.65. The molecule has 3 saturated heterocycles. The van der Waals surface area contributed by atoms with Gasteiger partial charge in [-0.15, -0.1) is 0 Å². The quantitative estimate of drug-likeness (QED) is 0.648. The van der Waals surface area contributed by atoms with E-state index in [9.17, 15) is 23.6 Å². The van der Waals surface area contributed by atoms with Crippen LogP contribution in [0.1, 0.15) is 23.2 Å². The van der Waals surface area contributed by atoms with E-state index in [1.54, 1.807) is 9.80 Å². The Morgan fingerprint density at radius 3 is 2.61 bits per heavy atom.